The summed E-state index contributed by atoms with van der Waals surface area (Å²) in [7, 11) is 0. The molecule has 0 bridgehead atoms. The molecule has 3 nitrogen and oxygen atoms in total. The van der Waals surface area contributed by atoms with Crippen molar-refractivity contribution in [1.82, 2.24) is 0 Å². The Kier molecular flexibility index (Phi) is 5.26. The van der Waals surface area contributed by atoms with Gasteiger partial charge in [0.2, 0.25) is 0 Å². The van der Waals surface area contributed by atoms with Gasteiger partial charge in [0.25, 0.3) is 0 Å². The van der Waals surface area contributed by atoms with Crippen LogP contribution in [0.2, 0.25) is 0 Å². The summed E-state index contributed by atoms with van der Waals surface area (Å²) < 4.78 is 0. The van der Waals surface area contributed by atoms with E-state index in [0.717, 1.165) is 43.4 Å². The molecule has 0 saturated heterocycles. The molecular formula is C18H23N3. The Morgan fingerprint density at radius 1 is 1.29 bits per heavy atom. The average molecular weight is 281 g/mol. The average Bonchev–Trinajstić information content (AvgIpc) is 2.51. The highest BCUT2D eigenvalue weighted by Gasteiger charge is 2.34. The van der Waals surface area contributed by atoms with Gasteiger partial charge in [0.15, 0.2) is 0 Å². The van der Waals surface area contributed by atoms with Gasteiger partial charge < -0.3 is 11.1 Å². The van der Waals surface area contributed by atoms with E-state index in [2.05, 4.69) is 17.3 Å². The molecular weight excluding hydrogens is 258 g/mol. The second-order valence-corrected chi connectivity index (χ2v) is 6.01. The monoisotopic (exact) mass is 281 g/mol. The van der Waals surface area contributed by atoms with Crippen LogP contribution in [0.25, 0.3) is 0 Å². The van der Waals surface area contributed by atoms with Gasteiger partial charge in [0.1, 0.15) is 0 Å². The molecule has 1 aromatic carbocycles. The number of hydrogen-bond acceptors (Lipinski definition) is 3. The normalized spacial score (nSPS) is 24.8. The predicted molar refractivity (Wildman–Crippen MR) is 86.6 cm³/mol. The van der Waals surface area contributed by atoms with E-state index in [1.165, 1.54) is 0 Å². The molecule has 0 spiro atoms. The summed E-state index contributed by atoms with van der Waals surface area (Å²) in [5.41, 5.74) is 7.89. The minimum absolute atomic E-state index is 0.148. The van der Waals surface area contributed by atoms with Crippen LogP contribution in [0.3, 0.4) is 0 Å². The number of nitriles is 1. The van der Waals surface area contributed by atoms with Gasteiger partial charge >= 0.3 is 0 Å². The smallest absolute Gasteiger partial charge is 0.0627 e. The van der Waals surface area contributed by atoms with Crippen molar-refractivity contribution >= 4 is 5.69 Å². The fraction of sp³-hybridized carbons (Fsp3) is 0.500. The number of nitrogens with one attached hydrogen (secondary N) is 1. The summed E-state index contributed by atoms with van der Waals surface area (Å²) in [6.07, 6.45) is 11.3. The van der Waals surface area contributed by atoms with Crippen molar-refractivity contribution < 1.29 is 0 Å². The van der Waals surface area contributed by atoms with E-state index in [1.807, 2.05) is 24.3 Å². The van der Waals surface area contributed by atoms with Crippen LogP contribution in [0, 0.1) is 29.1 Å². The second kappa shape index (κ2) is 7.16. The predicted octanol–water partition coefficient (Wildman–Crippen LogP) is 3.27. The van der Waals surface area contributed by atoms with Gasteiger partial charge in [-0.15, -0.1) is 6.42 Å². The van der Waals surface area contributed by atoms with Crippen LogP contribution in [-0.4, -0.2) is 12.6 Å². The van der Waals surface area contributed by atoms with Crippen molar-refractivity contribution in [2.24, 2.45) is 11.1 Å². The Balaban J connectivity index is 1.91. The molecule has 0 atom stereocenters. The standard InChI is InChI=1S/C18H23N3/c1-2-15-3-5-16(6-4-15)21-17-7-9-18(10-8-17,11-13-19)12-14-20/h1,3-6,17,21H,7-13,19H2. The van der Waals surface area contributed by atoms with Crippen LogP contribution >= 0.6 is 0 Å². The first-order valence-electron chi connectivity index (χ1n) is 7.61. The number of rotatable bonds is 5. The maximum atomic E-state index is 9.04. The third kappa shape index (κ3) is 4.00. The molecule has 2 rings (SSSR count). The van der Waals surface area contributed by atoms with E-state index in [-0.39, 0.29) is 5.41 Å². The van der Waals surface area contributed by atoms with Crippen molar-refractivity contribution in [3.8, 4) is 18.4 Å². The van der Waals surface area contributed by atoms with Gasteiger partial charge in [0.05, 0.1) is 6.07 Å². The van der Waals surface area contributed by atoms with Crippen LogP contribution in [0.4, 0.5) is 5.69 Å². The topological polar surface area (TPSA) is 61.8 Å². The maximum Gasteiger partial charge on any atom is 0.0627 e. The molecule has 1 aliphatic carbocycles. The minimum atomic E-state index is 0.148. The Morgan fingerprint density at radius 2 is 1.95 bits per heavy atom. The Morgan fingerprint density at radius 3 is 2.48 bits per heavy atom. The fourth-order valence-electron chi connectivity index (χ4n) is 3.26. The lowest BCUT2D eigenvalue weighted by Gasteiger charge is -2.39. The summed E-state index contributed by atoms with van der Waals surface area (Å²) in [6.45, 7) is 0.674. The fourth-order valence-corrected chi connectivity index (χ4v) is 3.26. The summed E-state index contributed by atoms with van der Waals surface area (Å²) >= 11 is 0. The lowest BCUT2D eigenvalue weighted by atomic mass is 9.68. The van der Waals surface area contributed by atoms with Gasteiger partial charge in [-0.25, -0.2) is 0 Å². The molecule has 0 radical (unpaired) electrons. The molecule has 1 aliphatic rings. The first-order chi connectivity index (χ1) is 10.2. The molecule has 0 amide bonds. The summed E-state index contributed by atoms with van der Waals surface area (Å²) in [5, 5.41) is 12.6. The van der Waals surface area contributed by atoms with Gasteiger partial charge in [-0.05, 0) is 68.3 Å². The largest absolute Gasteiger partial charge is 0.382 e. The number of nitrogens with zero attached hydrogens (tertiary/aromatic N) is 1. The van der Waals surface area contributed by atoms with Crippen molar-refractivity contribution in [3.63, 3.8) is 0 Å². The molecule has 0 heterocycles. The number of anilines is 1. The van der Waals surface area contributed by atoms with Crippen molar-refractivity contribution in [2.45, 2.75) is 44.6 Å². The van der Waals surface area contributed by atoms with Crippen molar-refractivity contribution in [1.29, 1.82) is 5.26 Å². The van der Waals surface area contributed by atoms with E-state index >= 15 is 0 Å². The van der Waals surface area contributed by atoms with Gasteiger partial charge in [-0.1, -0.05) is 5.92 Å². The highest BCUT2D eigenvalue weighted by atomic mass is 14.9. The molecule has 0 aromatic heterocycles. The molecule has 1 aromatic rings. The zero-order valence-electron chi connectivity index (χ0n) is 12.4. The highest BCUT2D eigenvalue weighted by Crippen LogP contribution is 2.42. The Labute approximate surface area is 127 Å². The number of nitrogens with two attached hydrogens (primary N) is 1. The van der Waals surface area contributed by atoms with Gasteiger partial charge in [-0.2, -0.15) is 5.26 Å². The molecule has 110 valence electrons. The van der Waals surface area contributed by atoms with Crippen LogP contribution in [0.15, 0.2) is 24.3 Å². The molecule has 1 fully saturated rings. The first kappa shape index (κ1) is 15.4. The third-order valence-corrected chi connectivity index (χ3v) is 4.60. The van der Waals surface area contributed by atoms with Crippen molar-refractivity contribution in [2.75, 3.05) is 11.9 Å². The molecule has 0 unspecified atom stereocenters. The van der Waals surface area contributed by atoms with Gasteiger partial charge in [0, 0.05) is 23.7 Å². The SMILES string of the molecule is C#Cc1ccc(NC2CCC(CC#N)(CCN)CC2)cc1. The lowest BCUT2D eigenvalue weighted by Crippen LogP contribution is -2.34. The summed E-state index contributed by atoms with van der Waals surface area (Å²) in [4.78, 5) is 0. The lowest BCUT2D eigenvalue weighted by molar-refractivity contribution is 0.173. The van der Waals surface area contributed by atoms with Crippen LogP contribution in [-0.2, 0) is 0 Å². The quantitative estimate of drug-likeness (QED) is 0.814. The van der Waals surface area contributed by atoms with Gasteiger partial charge in [-0.3, -0.25) is 0 Å². The molecule has 3 N–H and O–H groups in total. The molecule has 0 aliphatic heterocycles. The van der Waals surface area contributed by atoms with Crippen LogP contribution in [0.1, 0.15) is 44.1 Å². The number of terminal acetylenes is 1. The zero-order chi connectivity index (χ0) is 15.1. The molecule has 3 heteroatoms. The molecule has 21 heavy (non-hydrogen) atoms. The van der Waals surface area contributed by atoms with E-state index in [4.69, 9.17) is 17.4 Å². The molecule has 1 saturated carbocycles. The second-order valence-electron chi connectivity index (χ2n) is 6.01. The Hall–Kier alpha value is -1.97. The van der Waals surface area contributed by atoms with E-state index in [1.54, 1.807) is 0 Å². The zero-order valence-corrected chi connectivity index (χ0v) is 12.4. The number of benzene rings is 1. The summed E-state index contributed by atoms with van der Waals surface area (Å²) in [5.74, 6) is 2.63. The first-order valence-corrected chi connectivity index (χ1v) is 7.61. The van der Waals surface area contributed by atoms with E-state index in [9.17, 15) is 0 Å². The highest BCUT2D eigenvalue weighted by molar-refractivity contribution is 5.48. The van der Waals surface area contributed by atoms with E-state index in [0.29, 0.717) is 19.0 Å². The van der Waals surface area contributed by atoms with Crippen LogP contribution in [0.5, 0.6) is 0 Å². The third-order valence-electron chi connectivity index (χ3n) is 4.60. The minimum Gasteiger partial charge on any atom is -0.382 e. The van der Waals surface area contributed by atoms with Crippen molar-refractivity contribution in [3.05, 3.63) is 29.8 Å². The Bertz CT molecular complexity index is 525. The van der Waals surface area contributed by atoms with Crippen LogP contribution < -0.4 is 11.1 Å². The summed E-state index contributed by atoms with van der Waals surface area (Å²) in [6, 6.07) is 10.8. The maximum absolute atomic E-state index is 9.04. The number of hydrogen-bond donors (Lipinski definition) is 2. The van der Waals surface area contributed by atoms with E-state index < -0.39 is 0 Å².